The van der Waals surface area contributed by atoms with E-state index in [0.717, 1.165) is 19.4 Å². The topological polar surface area (TPSA) is 47.3 Å². The standard InChI is InChI=1S/C15H24N2O/c1-2-5-12-7-9-13(10-8-12)15(17-16)14-6-3-4-11-18-14/h7-10,14-15,17H,2-6,11,16H2,1H3. The first-order valence-corrected chi connectivity index (χ1v) is 7.01. The molecular weight excluding hydrogens is 224 g/mol. The van der Waals surface area contributed by atoms with Crippen LogP contribution in [0.2, 0.25) is 0 Å². The summed E-state index contributed by atoms with van der Waals surface area (Å²) in [4.78, 5) is 0. The Morgan fingerprint density at radius 3 is 2.67 bits per heavy atom. The molecule has 3 N–H and O–H groups in total. The van der Waals surface area contributed by atoms with Crippen molar-refractivity contribution in [1.82, 2.24) is 5.43 Å². The summed E-state index contributed by atoms with van der Waals surface area (Å²) in [5, 5.41) is 0. The third-order valence-electron chi connectivity index (χ3n) is 3.64. The first kappa shape index (κ1) is 13.5. The van der Waals surface area contributed by atoms with Gasteiger partial charge in [0, 0.05) is 6.61 Å². The molecule has 100 valence electrons. The number of ether oxygens (including phenoxy) is 1. The highest BCUT2D eigenvalue weighted by molar-refractivity contribution is 5.26. The summed E-state index contributed by atoms with van der Waals surface area (Å²) in [5.41, 5.74) is 5.53. The van der Waals surface area contributed by atoms with Crippen LogP contribution in [-0.2, 0) is 11.2 Å². The van der Waals surface area contributed by atoms with Crippen molar-refractivity contribution in [3.05, 3.63) is 35.4 Å². The van der Waals surface area contributed by atoms with E-state index in [0.29, 0.717) is 0 Å². The monoisotopic (exact) mass is 248 g/mol. The maximum absolute atomic E-state index is 5.82. The molecule has 3 heteroatoms. The molecule has 0 saturated carbocycles. The molecule has 1 aliphatic heterocycles. The summed E-state index contributed by atoms with van der Waals surface area (Å²) < 4.78 is 5.82. The van der Waals surface area contributed by atoms with Crippen molar-refractivity contribution in [1.29, 1.82) is 0 Å². The largest absolute Gasteiger partial charge is 0.376 e. The molecule has 3 nitrogen and oxygen atoms in total. The molecule has 1 fully saturated rings. The number of nitrogens with two attached hydrogens (primary N) is 1. The van der Waals surface area contributed by atoms with E-state index in [4.69, 9.17) is 10.6 Å². The van der Waals surface area contributed by atoms with Crippen molar-refractivity contribution in [2.75, 3.05) is 6.61 Å². The number of benzene rings is 1. The zero-order valence-corrected chi connectivity index (χ0v) is 11.2. The quantitative estimate of drug-likeness (QED) is 0.622. The molecule has 18 heavy (non-hydrogen) atoms. The zero-order valence-electron chi connectivity index (χ0n) is 11.2. The minimum Gasteiger partial charge on any atom is -0.376 e. The minimum atomic E-state index is 0.112. The summed E-state index contributed by atoms with van der Waals surface area (Å²) >= 11 is 0. The number of rotatable bonds is 5. The van der Waals surface area contributed by atoms with Crippen molar-refractivity contribution < 1.29 is 4.74 Å². The number of hydrogen-bond acceptors (Lipinski definition) is 3. The van der Waals surface area contributed by atoms with Crippen LogP contribution in [0.5, 0.6) is 0 Å². The second kappa shape index (κ2) is 6.88. The summed E-state index contributed by atoms with van der Waals surface area (Å²) in [6.45, 7) is 3.06. The number of hydrazine groups is 1. The van der Waals surface area contributed by atoms with Crippen molar-refractivity contribution in [2.24, 2.45) is 5.84 Å². The van der Waals surface area contributed by atoms with E-state index in [1.165, 1.54) is 30.4 Å². The van der Waals surface area contributed by atoms with Crippen LogP contribution in [0.4, 0.5) is 0 Å². The molecule has 2 unspecified atom stereocenters. The summed E-state index contributed by atoms with van der Waals surface area (Å²) in [5.74, 6) is 5.70. The molecule has 0 aromatic heterocycles. The molecule has 0 bridgehead atoms. The molecule has 1 aromatic rings. The van der Waals surface area contributed by atoms with Gasteiger partial charge in [-0.25, -0.2) is 0 Å². The molecule has 1 heterocycles. The predicted octanol–water partition coefficient (Wildman–Crippen LogP) is 2.71. The molecule has 2 atom stereocenters. The Balaban J connectivity index is 2.06. The highest BCUT2D eigenvalue weighted by Crippen LogP contribution is 2.26. The normalized spacial score (nSPS) is 21.8. The van der Waals surface area contributed by atoms with Gasteiger partial charge in [0.1, 0.15) is 0 Å². The van der Waals surface area contributed by atoms with E-state index >= 15 is 0 Å². The SMILES string of the molecule is CCCc1ccc(C(NN)C2CCCCO2)cc1. The van der Waals surface area contributed by atoms with Crippen molar-refractivity contribution in [2.45, 2.75) is 51.2 Å². The summed E-state index contributed by atoms with van der Waals surface area (Å²) in [7, 11) is 0. The zero-order chi connectivity index (χ0) is 12.8. The average molecular weight is 248 g/mol. The second-order valence-corrected chi connectivity index (χ2v) is 5.04. The van der Waals surface area contributed by atoms with Gasteiger partial charge < -0.3 is 4.74 Å². The van der Waals surface area contributed by atoms with Crippen LogP contribution in [-0.4, -0.2) is 12.7 Å². The lowest BCUT2D eigenvalue weighted by Gasteiger charge is -2.30. The molecule has 2 rings (SSSR count). The van der Waals surface area contributed by atoms with Crippen LogP contribution < -0.4 is 11.3 Å². The van der Waals surface area contributed by atoms with Crippen LogP contribution in [0.1, 0.15) is 49.8 Å². The third kappa shape index (κ3) is 3.31. The minimum absolute atomic E-state index is 0.112. The van der Waals surface area contributed by atoms with Crippen LogP contribution in [0, 0.1) is 0 Å². The van der Waals surface area contributed by atoms with Crippen molar-refractivity contribution in [3.8, 4) is 0 Å². The lowest BCUT2D eigenvalue weighted by molar-refractivity contribution is -0.00822. The molecule has 1 saturated heterocycles. The molecule has 0 spiro atoms. The van der Waals surface area contributed by atoms with E-state index in [1.54, 1.807) is 0 Å². The fourth-order valence-electron chi connectivity index (χ4n) is 2.63. The predicted molar refractivity (Wildman–Crippen MR) is 74.1 cm³/mol. The number of hydrogen-bond donors (Lipinski definition) is 2. The van der Waals surface area contributed by atoms with E-state index in [2.05, 4.69) is 36.6 Å². The van der Waals surface area contributed by atoms with E-state index < -0.39 is 0 Å². The van der Waals surface area contributed by atoms with Crippen LogP contribution in [0.25, 0.3) is 0 Å². The van der Waals surface area contributed by atoms with Crippen LogP contribution >= 0.6 is 0 Å². The molecule has 0 radical (unpaired) electrons. The van der Waals surface area contributed by atoms with Gasteiger partial charge in [0.25, 0.3) is 0 Å². The Morgan fingerprint density at radius 1 is 1.33 bits per heavy atom. The molecule has 0 amide bonds. The Labute approximate surface area is 110 Å². The van der Waals surface area contributed by atoms with E-state index in [9.17, 15) is 0 Å². The highest BCUT2D eigenvalue weighted by Gasteiger charge is 2.24. The lowest BCUT2D eigenvalue weighted by Crippen LogP contribution is -2.39. The number of aryl methyl sites for hydroxylation is 1. The Bertz CT molecular complexity index is 344. The third-order valence-corrected chi connectivity index (χ3v) is 3.64. The van der Waals surface area contributed by atoms with Crippen LogP contribution in [0.3, 0.4) is 0 Å². The van der Waals surface area contributed by atoms with Gasteiger partial charge in [-0.3, -0.25) is 11.3 Å². The fraction of sp³-hybridized carbons (Fsp3) is 0.600. The van der Waals surface area contributed by atoms with Gasteiger partial charge in [-0.05, 0) is 36.8 Å². The Hall–Kier alpha value is -0.900. The van der Waals surface area contributed by atoms with Gasteiger partial charge in [0.2, 0.25) is 0 Å². The molecule has 1 aromatic carbocycles. The molecule has 0 aliphatic carbocycles. The average Bonchev–Trinajstić information content (AvgIpc) is 2.43. The van der Waals surface area contributed by atoms with Crippen molar-refractivity contribution >= 4 is 0 Å². The second-order valence-electron chi connectivity index (χ2n) is 5.04. The Morgan fingerprint density at radius 2 is 2.11 bits per heavy atom. The van der Waals surface area contributed by atoms with Crippen molar-refractivity contribution in [3.63, 3.8) is 0 Å². The van der Waals surface area contributed by atoms with Gasteiger partial charge in [-0.2, -0.15) is 0 Å². The lowest BCUT2D eigenvalue weighted by atomic mass is 9.95. The Kier molecular flexibility index (Phi) is 5.17. The first-order chi connectivity index (χ1) is 8.85. The summed E-state index contributed by atoms with van der Waals surface area (Å²) in [6.07, 6.45) is 6.02. The van der Waals surface area contributed by atoms with E-state index in [-0.39, 0.29) is 12.1 Å². The van der Waals surface area contributed by atoms with Crippen LogP contribution in [0.15, 0.2) is 24.3 Å². The summed E-state index contributed by atoms with van der Waals surface area (Å²) in [6, 6.07) is 8.86. The van der Waals surface area contributed by atoms with Gasteiger partial charge in [-0.15, -0.1) is 0 Å². The number of nitrogens with one attached hydrogen (secondary N) is 1. The molecular formula is C15H24N2O. The van der Waals surface area contributed by atoms with Gasteiger partial charge in [0.05, 0.1) is 12.1 Å². The molecule has 1 aliphatic rings. The van der Waals surface area contributed by atoms with E-state index in [1.807, 2.05) is 0 Å². The highest BCUT2D eigenvalue weighted by atomic mass is 16.5. The smallest absolute Gasteiger partial charge is 0.0782 e. The first-order valence-electron chi connectivity index (χ1n) is 7.01. The maximum Gasteiger partial charge on any atom is 0.0782 e. The van der Waals surface area contributed by atoms with Gasteiger partial charge in [-0.1, -0.05) is 37.6 Å². The van der Waals surface area contributed by atoms with Gasteiger partial charge in [0.15, 0.2) is 0 Å². The van der Waals surface area contributed by atoms with Gasteiger partial charge >= 0.3 is 0 Å². The fourth-order valence-corrected chi connectivity index (χ4v) is 2.63. The maximum atomic E-state index is 5.82.